The Morgan fingerprint density at radius 1 is 0.947 bits per heavy atom. The number of aryl methyl sites for hydroxylation is 2. The topological polar surface area (TPSA) is 73.5 Å². The maximum absolute atomic E-state index is 13.4. The van der Waals surface area contributed by atoms with Crippen LogP contribution in [0.25, 0.3) is 5.69 Å². The molecule has 192 valence electrons. The van der Waals surface area contributed by atoms with E-state index in [0.29, 0.717) is 22.6 Å². The molecule has 1 amide bonds. The lowest BCUT2D eigenvalue weighted by atomic mass is 10.1. The van der Waals surface area contributed by atoms with E-state index in [-0.39, 0.29) is 5.91 Å². The Kier molecular flexibility index (Phi) is 7.16. The number of amides is 1. The molecule has 0 spiro atoms. The fourth-order valence-corrected chi connectivity index (χ4v) is 4.54. The molecule has 0 saturated carbocycles. The van der Waals surface area contributed by atoms with Gasteiger partial charge in [-0.2, -0.15) is 5.26 Å². The van der Waals surface area contributed by atoms with Gasteiger partial charge in [-0.05, 0) is 86.6 Å². The Hall–Kier alpha value is -4.54. The second kappa shape index (κ2) is 10.8. The normalized spacial score (nSPS) is 13.7. The summed E-state index contributed by atoms with van der Waals surface area (Å²) >= 11 is 0. The van der Waals surface area contributed by atoms with Crippen LogP contribution in [0.2, 0.25) is 0 Å². The Labute approximate surface area is 223 Å². The molecule has 0 atom stereocenters. The zero-order valence-electron chi connectivity index (χ0n) is 21.9. The van der Waals surface area contributed by atoms with Crippen LogP contribution in [0.1, 0.15) is 27.0 Å². The number of piperazine rings is 1. The SMILES string of the molecule is Cc1ccn(-c2cc(NC(=O)c3ccc(C)c(Oc4cccc(C#N)c4)c3)cc(N3CCN(C)CC3)c2)c1. The van der Waals surface area contributed by atoms with Crippen molar-refractivity contribution in [3.8, 4) is 23.3 Å². The maximum Gasteiger partial charge on any atom is 0.255 e. The molecule has 0 unspecified atom stereocenters. The molecule has 2 heterocycles. The van der Waals surface area contributed by atoms with E-state index in [9.17, 15) is 10.1 Å². The van der Waals surface area contributed by atoms with Crippen molar-refractivity contribution in [2.45, 2.75) is 13.8 Å². The summed E-state index contributed by atoms with van der Waals surface area (Å²) in [6, 6.07) is 22.8. The van der Waals surface area contributed by atoms with Crippen LogP contribution in [0.3, 0.4) is 0 Å². The highest BCUT2D eigenvalue weighted by Gasteiger charge is 2.17. The molecule has 1 saturated heterocycles. The molecule has 1 aromatic heterocycles. The van der Waals surface area contributed by atoms with Crippen molar-refractivity contribution in [2.24, 2.45) is 0 Å². The number of carbonyl (C=O) groups excluding carboxylic acids is 1. The Balaban J connectivity index is 1.42. The molecule has 0 bridgehead atoms. The third-order valence-electron chi connectivity index (χ3n) is 6.81. The monoisotopic (exact) mass is 505 g/mol. The molecule has 1 fully saturated rings. The quantitative estimate of drug-likeness (QED) is 0.361. The molecular formula is C31H31N5O2. The Morgan fingerprint density at radius 2 is 1.74 bits per heavy atom. The van der Waals surface area contributed by atoms with Crippen molar-refractivity contribution in [3.05, 3.63) is 101 Å². The van der Waals surface area contributed by atoms with Gasteiger partial charge in [0.2, 0.25) is 0 Å². The number of carbonyl (C=O) groups is 1. The van der Waals surface area contributed by atoms with Crippen molar-refractivity contribution < 1.29 is 9.53 Å². The van der Waals surface area contributed by atoms with Gasteiger partial charge in [0.25, 0.3) is 5.91 Å². The van der Waals surface area contributed by atoms with Crippen LogP contribution in [0.15, 0.2) is 79.1 Å². The molecule has 5 rings (SSSR count). The number of nitriles is 1. The minimum atomic E-state index is -0.217. The Morgan fingerprint density at radius 3 is 2.47 bits per heavy atom. The van der Waals surface area contributed by atoms with Crippen LogP contribution in [-0.2, 0) is 0 Å². The number of nitrogens with zero attached hydrogens (tertiary/aromatic N) is 4. The van der Waals surface area contributed by atoms with Gasteiger partial charge in [0.05, 0.1) is 11.6 Å². The highest BCUT2D eigenvalue weighted by Crippen LogP contribution is 2.29. The summed E-state index contributed by atoms with van der Waals surface area (Å²) in [6.07, 6.45) is 4.12. The minimum absolute atomic E-state index is 0.217. The average Bonchev–Trinajstić information content (AvgIpc) is 3.36. The van der Waals surface area contributed by atoms with Crippen molar-refractivity contribution >= 4 is 17.3 Å². The van der Waals surface area contributed by atoms with Crippen molar-refractivity contribution in [1.82, 2.24) is 9.47 Å². The zero-order chi connectivity index (χ0) is 26.6. The molecule has 0 radical (unpaired) electrons. The van der Waals surface area contributed by atoms with Gasteiger partial charge in [-0.15, -0.1) is 0 Å². The predicted molar refractivity (Wildman–Crippen MR) is 151 cm³/mol. The van der Waals surface area contributed by atoms with Gasteiger partial charge in [-0.1, -0.05) is 12.1 Å². The van der Waals surface area contributed by atoms with E-state index in [4.69, 9.17) is 4.74 Å². The summed E-state index contributed by atoms with van der Waals surface area (Å²) in [5, 5.41) is 12.3. The Bertz CT molecular complexity index is 1510. The summed E-state index contributed by atoms with van der Waals surface area (Å²) in [5.74, 6) is 0.907. The summed E-state index contributed by atoms with van der Waals surface area (Å²) in [5.41, 5.74) is 5.89. The van der Waals surface area contributed by atoms with E-state index in [1.54, 1.807) is 36.4 Å². The number of likely N-dealkylation sites (N-methyl/N-ethyl adjacent to an activating group) is 1. The van der Waals surface area contributed by atoms with Crippen molar-refractivity contribution in [1.29, 1.82) is 5.26 Å². The van der Waals surface area contributed by atoms with Crippen LogP contribution in [0, 0.1) is 25.2 Å². The fraction of sp³-hybridized carbons (Fsp3) is 0.226. The standard InChI is InChI=1S/C31H31N5O2/c1-22-9-10-36(21-22)28-18-26(17-27(19-28)35-13-11-34(3)12-14-35)33-31(37)25-8-7-23(2)30(16-25)38-29-6-4-5-24(15-29)20-32/h4-10,15-19,21H,11-14H2,1-3H3,(H,33,37). The maximum atomic E-state index is 13.4. The predicted octanol–water partition coefficient (Wildman–Crippen LogP) is 5.76. The van der Waals surface area contributed by atoms with Crippen LogP contribution in [-0.4, -0.2) is 48.6 Å². The van der Waals surface area contributed by atoms with Gasteiger partial charge >= 0.3 is 0 Å². The van der Waals surface area contributed by atoms with Crippen LogP contribution >= 0.6 is 0 Å². The third-order valence-corrected chi connectivity index (χ3v) is 6.81. The third kappa shape index (κ3) is 5.72. The molecule has 1 N–H and O–H groups in total. The minimum Gasteiger partial charge on any atom is -0.457 e. The number of benzene rings is 3. The van der Waals surface area contributed by atoms with Crippen molar-refractivity contribution in [2.75, 3.05) is 43.4 Å². The first-order valence-corrected chi connectivity index (χ1v) is 12.7. The van der Waals surface area contributed by atoms with E-state index in [1.807, 2.05) is 31.3 Å². The van der Waals surface area contributed by atoms with Gasteiger partial charge < -0.3 is 24.4 Å². The van der Waals surface area contributed by atoms with Gasteiger partial charge in [0.1, 0.15) is 11.5 Å². The van der Waals surface area contributed by atoms with E-state index in [0.717, 1.165) is 48.8 Å². The first-order chi connectivity index (χ1) is 18.4. The van der Waals surface area contributed by atoms with Gasteiger partial charge in [0, 0.05) is 61.2 Å². The lowest BCUT2D eigenvalue weighted by Crippen LogP contribution is -2.44. The summed E-state index contributed by atoms with van der Waals surface area (Å²) in [6.45, 7) is 7.86. The van der Waals surface area contributed by atoms with E-state index in [2.05, 4.69) is 58.1 Å². The molecule has 38 heavy (non-hydrogen) atoms. The van der Waals surface area contributed by atoms with Crippen LogP contribution in [0.5, 0.6) is 11.5 Å². The van der Waals surface area contributed by atoms with E-state index in [1.165, 1.54) is 5.56 Å². The molecular weight excluding hydrogens is 474 g/mol. The number of anilines is 2. The summed E-state index contributed by atoms with van der Waals surface area (Å²) < 4.78 is 8.12. The number of nitrogens with one attached hydrogen (secondary N) is 1. The largest absolute Gasteiger partial charge is 0.457 e. The first-order valence-electron chi connectivity index (χ1n) is 12.7. The van der Waals surface area contributed by atoms with Gasteiger partial charge in [0.15, 0.2) is 0 Å². The average molecular weight is 506 g/mol. The van der Waals surface area contributed by atoms with Crippen LogP contribution < -0.4 is 15.0 Å². The van der Waals surface area contributed by atoms with Gasteiger partial charge in [-0.3, -0.25) is 4.79 Å². The number of aromatic nitrogens is 1. The summed E-state index contributed by atoms with van der Waals surface area (Å²) in [4.78, 5) is 18.1. The lowest BCUT2D eigenvalue weighted by molar-refractivity contribution is 0.102. The first kappa shape index (κ1) is 25.1. The number of hydrogen-bond acceptors (Lipinski definition) is 5. The molecule has 4 aromatic rings. The van der Waals surface area contributed by atoms with Crippen LogP contribution in [0.4, 0.5) is 11.4 Å². The fourth-order valence-electron chi connectivity index (χ4n) is 4.54. The second-order valence-corrected chi connectivity index (χ2v) is 9.80. The van der Waals surface area contributed by atoms with E-state index >= 15 is 0 Å². The smallest absolute Gasteiger partial charge is 0.255 e. The molecule has 1 aliphatic rings. The molecule has 3 aromatic carbocycles. The summed E-state index contributed by atoms with van der Waals surface area (Å²) in [7, 11) is 2.14. The highest BCUT2D eigenvalue weighted by atomic mass is 16.5. The van der Waals surface area contributed by atoms with Crippen molar-refractivity contribution in [3.63, 3.8) is 0 Å². The number of hydrogen-bond donors (Lipinski definition) is 1. The molecule has 7 nitrogen and oxygen atoms in total. The molecule has 7 heteroatoms. The molecule has 1 aliphatic heterocycles. The second-order valence-electron chi connectivity index (χ2n) is 9.80. The lowest BCUT2D eigenvalue weighted by Gasteiger charge is -2.34. The van der Waals surface area contributed by atoms with E-state index < -0.39 is 0 Å². The highest BCUT2D eigenvalue weighted by molar-refractivity contribution is 6.05. The number of rotatable bonds is 6. The zero-order valence-corrected chi connectivity index (χ0v) is 21.9. The van der Waals surface area contributed by atoms with Gasteiger partial charge in [-0.25, -0.2) is 0 Å². The molecule has 0 aliphatic carbocycles. The number of ether oxygens (including phenoxy) is 1.